The van der Waals surface area contributed by atoms with Crippen molar-refractivity contribution in [2.24, 2.45) is 0 Å². The number of likely N-dealkylation sites (N-methyl/N-ethyl adjacent to an activating group) is 1. The normalized spacial score (nSPS) is 19.8. The van der Waals surface area contributed by atoms with Gasteiger partial charge >= 0.3 is 0 Å². The van der Waals surface area contributed by atoms with Crippen LogP contribution in [0.3, 0.4) is 0 Å². The first-order valence-electron chi connectivity index (χ1n) is 7.42. The molecule has 0 fully saturated rings. The molecule has 1 aliphatic heterocycles. The largest absolute Gasteiger partial charge is 0.504 e. The first-order chi connectivity index (χ1) is 10.2. The van der Waals surface area contributed by atoms with E-state index in [0.29, 0.717) is 11.8 Å². The van der Waals surface area contributed by atoms with Gasteiger partial charge in [-0.2, -0.15) is 0 Å². The van der Waals surface area contributed by atoms with Crippen LogP contribution in [0.1, 0.15) is 22.7 Å². The summed E-state index contributed by atoms with van der Waals surface area (Å²) >= 11 is 0. The summed E-state index contributed by atoms with van der Waals surface area (Å²) in [4.78, 5) is 2.44. The van der Waals surface area contributed by atoms with Crippen LogP contribution in [0.2, 0.25) is 0 Å². The lowest BCUT2D eigenvalue weighted by atomic mass is 9.77. The molecule has 3 nitrogen and oxygen atoms in total. The summed E-state index contributed by atoms with van der Waals surface area (Å²) in [6, 6.07) is 10.7. The molecule has 0 radical (unpaired) electrons. The SMILES string of the molecule is COc1c(O)ccc2c1-c1cccc3c1C(C2)N(C)CC3. The average Bonchev–Trinajstić information content (AvgIpc) is 2.51. The summed E-state index contributed by atoms with van der Waals surface area (Å²) in [6.07, 6.45) is 2.07. The van der Waals surface area contributed by atoms with Crippen LogP contribution in [0.25, 0.3) is 11.1 Å². The highest BCUT2D eigenvalue weighted by atomic mass is 16.5. The highest BCUT2D eigenvalue weighted by Gasteiger charge is 2.34. The fourth-order valence-corrected chi connectivity index (χ4v) is 3.87. The second-order valence-electron chi connectivity index (χ2n) is 5.98. The Morgan fingerprint density at radius 3 is 2.86 bits per heavy atom. The number of hydrogen-bond acceptors (Lipinski definition) is 3. The third kappa shape index (κ3) is 1.70. The zero-order valence-electron chi connectivity index (χ0n) is 12.4. The first kappa shape index (κ1) is 12.7. The summed E-state index contributed by atoms with van der Waals surface area (Å²) < 4.78 is 5.49. The molecule has 21 heavy (non-hydrogen) atoms. The molecule has 0 spiro atoms. The summed E-state index contributed by atoms with van der Waals surface area (Å²) in [6.45, 7) is 1.10. The third-order valence-corrected chi connectivity index (χ3v) is 4.91. The molecule has 1 heterocycles. The van der Waals surface area contributed by atoms with Crippen molar-refractivity contribution >= 4 is 0 Å². The van der Waals surface area contributed by atoms with Crippen LogP contribution in [0.5, 0.6) is 11.5 Å². The minimum atomic E-state index is 0.219. The smallest absolute Gasteiger partial charge is 0.168 e. The number of nitrogens with zero attached hydrogens (tertiary/aromatic N) is 1. The highest BCUT2D eigenvalue weighted by Crippen LogP contribution is 2.50. The lowest BCUT2D eigenvalue weighted by Crippen LogP contribution is -2.35. The summed E-state index contributed by atoms with van der Waals surface area (Å²) in [5, 5.41) is 10.1. The van der Waals surface area contributed by atoms with Gasteiger partial charge in [-0.3, -0.25) is 4.90 Å². The topological polar surface area (TPSA) is 32.7 Å². The van der Waals surface area contributed by atoms with Gasteiger partial charge in [0.2, 0.25) is 0 Å². The van der Waals surface area contributed by atoms with E-state index in [9.17, 15) is 5.11 Å². The van der Waals surface area contributed by atoms with E-state index in [1.54, 1.807) is 13.2 Å². The van der Waals surface area contributed by atoms with Crippen LogP contribution >= 0.6 is 0 Å². The molecule has 1 aliphatic carbocycles. The van der Waals surface area contributed by atoms with Gasteiger partial charge in [-0.15, -0.1) is 0 Å². The second-order valence-corrected chi connectivity index (χ2v) is 5.98. The number of methoxy groups -OCH3 is 1. The molecule has 4 rings (SSSR count). The molecule has 0 aromatic heterocycles. The molecule has 0 amide bonds. The molecule has 2 aromatic rings. The Hall–Kier alpha value is -2.00. The van der Waals surface area contributed by atoms with Crippen LogP contribution in [-0.4, -0.2) is 30.7 Å². The number of phenols is 1. The van der Waals surface area contributed by atoms with Crippen LogP contribution in [0.4, 0.5) is 0 Å². The fraction of sp³-hybridized carbons (Fsp3) is 0.333. The zero-order chi connectivity index (χ0) is 14.6. The average molecular weight is 281 g/mol. The third-order valence-electron chi connectivity index (χ3n) is 4.91. The van der Waals surface area contributed by atoms with Gasteiger partial charge in [0.05, 0.1) is 7.11 Å². The first-order valence-corrected chi connectivity index (χ1v) is 7.42. The fourth-order valence-electron chi connectivity index (χ4n) is 3.87. The minimum Gasteiger partial charge on any atom is -0.504 e. The van der Waals surface area contributed by atoms with Gasteiger partial charge in [-0.05, 0) is 48.2 Å². The van der Waals surface area contributed by atoms with E-state index in [2.05, 4.69) is 30.1 Å². The number of hydrogen-bond donors (Lipinski definition) is 1. The van der Waals surface area contributed by atoms with E-state index in [1.807, 2.05) is 6.07 Å². The number of fused-ring (bicyclic) bond motifs is 2. The van der Waals surface area contributed by atoms with E-state index >= 15 is 0 Å². The van der Waals surface area contributed by atoms with Crippen molar-refractivity contribution in [3.63, 3.8) is 0 Å². The summed E-state index contributed by atoms with van der Waals surface area (Å²) in [5.74, 6) is 0.823. The van der Waals surface area contributed by atoms with Crippen LogP contribution in [0, 0.1) is 0 Å². The Morgan fingerprint density at radius 2 is 2.05 bits per heavy atom. The monoisotopic (exact) mass is 281 g/mol. The molecule has 108 valence electrons. The van der Waals surface area contributed by atoms with Crippen molar-refractivity contribution in [3.8, 4) is 22.6 Å². The maximum absolute atomic E-state index is 10.1. The molecule has 1 unspecified atom stereocenters. The van der Waals surface area contributed by atoms with Gasteiger partial charge in [-0.25, -0.2) is 0 Å². The lowest BCUT2D eigenvalue weighted by molar-refractivity contribution is 0.228. The molecule has 0 bridgehead atoms. The Labute approximate surface area is 124 Å². The predicted molar refractivity (Wildman–Crippen MR) is 82.9 cm³/mol. The minimum absolute atomic E-state index is 0.219. The van der Waals surface area contributed by atoms with E-state index in [1.165, 1.54) is 22.3 Å². The lowest BCUT2D eigenvalue weighted by Gasteiger charge is -2.40. The molecular formula is C18H19NO2. The quantitative estimate of drug-likeness (QED) is 0.871. The van der Waals surface area contributed by atoms with Gasteiger partial charge in [0.15, 0.2) is 11.5 Å². The Kier molecular flexibility index (Phi) is 2.73. The molecule has 0 saturated heterocycles. The molecule has 1 atom stereocenters. The van der Waals surface area contributed by atoms with Crippen molar-refractivity contribution in [2.45, 2.75) is 18.9 Å². The second kappa shape index (κ2) is 4.50. The highest BCUT2D eigenvalue weighted by molar-refractivity contribution is 5.82. The Morgan fingerprint density at radius 1 is 1.19 bits per heavy atom. The molecular weight excluding hydrogens is 262 g/mol. The van der Waals surface area contributed by atoms with E-state index in [4.69, 9.17) is 4.74 Å². The maximum Gasteiger partial charge on any atom is 0.168 e. The van der Waals surface area contributed by atoms with Crippen molar-refractivity contribution in [2.75, 3.05) is 20.7 Å². The number of benzene rings is 2. The van der Waals surface area contributed by atoms with Gasteiger partial charge in [0, 0.05) is 18.2 Å². The van der Waals surface area contributed by atoms with Crippen LogP contribution in [-0.2, 0) is 12.8 Å². The van der Waals surface area contributed by atoms with Crippen molar-refractivity contribution in [3.05, 3.63) is 47.0 Å². The molecule has 1 N–H and O–H groups in total. The van der Waals surface area contributed by atoms with Gasteiger partial charge < -0.3 is 9.84 Å². The van der Waals surface area contributed by atoms with Crippen molar-refractivity contribution < 1.29 is 9.84 Å². The summed E-state index contributed by atoms with van der Waals surface area (Å²) in [7, 11) is 3.83. The number of rotatable bonds is 1. The number of phenolic OH excluding ortho intramolecular Hbond substituents is 1. The van der Waals surface area contributed by atoms with Crippen LogP contribution in [0.15, 0.2) is 30.3 Å². The van der Waals surface area contributed by atoms with Crippen molar-refractivity contribution in [1.29, 1.82) is 0 Å². The predicted octanol–water partition coefficient (Wildman–Crippen LogP) is 3.15. The maximum atomic E-state index is 10.1. The van der Waals surface area contributed by atoms with E-state index < -0.39 is 0 Å². The van der Waals surface area contributed by atoms with Crippen LogP contribution < -0.4 is 4.74 Å². The van der Waals surface area contributed by atoms with Gasteiger partial charge in [0.1, 0.15) is 0 Å². The van der Waals surface area contributed by atoms with Gasteiger partial charge in [-0.1, -0.05) is 24.3 Å². The van der Waals surface area contributed by atoms with Crippen molar-refractivity contribution in [1.82, 2.24) is 4.90 Å². The summed E-state index contributed by atoms with van der Waals surface area (Å²) in [5.41, 5.74) is 6.40. The number of aromatic hydroxyl groups is 1. The Balaban J connectivity index is 2.04. The molecule has 2 aliphatic rings. The zero-order valence-corrected chi connectivity index (χ0v) is 12.4. The number of ether oxygens (including phenoxy) is 1. The Bertz CT molecular complexity index is 723. The standard InChI is InChI=1S/C18H19NO2/c1-19-9-8-11-4-3-5-13-16(11)14(19)10-12-6-7-15(20)18(21-2)17(12)13/h3-7,14,20H,8-10H2,1-2H3. The van der Waals surface area contributed by atoms with E-state index in [-0.39, 0.29) is 5.75 Å². The molecule has 3 heteroatoms. The van der Waals surface area contributed by atoms with Gasteiger partial charge in [0.25, 0.3) is 0 Å². The molecule has 2 aromatic carbocycles. The molecule has 0 saturated carbocycles. The van der Waals surface area contributed by atoms with E-state index in [0.717, 1.165) is 24.9 Å².